The Morgan fingerprint density at radius 2 is 1.79 bits per heavy atom. The Labute approximate surface area is 114 Å². The average molecular weight is 253 g/mol. The molecule has 2 aromatic carbocycles. The normalized spacial score (nSPS) is 10.2. The van der Waals surface area contributed by atoms with Gasteiger partial charge in [-0.25, -0.2) is 0 Å². The summed E-state index contributed by atoms with van der Waals surface area (Å²) >= 11 is 0. The maximum Gasteiger partial charge on any atom is 0.156 e. The molecule has 0 aliphatic rings. The molecule has 0 amide bonds. The lowest BCUT2D eigenvalue weighted by atomic mass is 10.1. The van der Waals surface area contributed by atoms with Gasteiger partial charge in [-0.2, -0.15) is 0 Å². The van der Waals surface area contributed by atoms with Gasteiger partial charge in [-0.15, -0.1) is 0 Å². The summed E-state index contributed by atoms with van der Waals surface area (Å²) in [6, 6.07) is 16.0. The maximum absolute atomic E-state index is 11.9. The van der Waals surface area contributed by atoms with Crippen molar-refractivity contribution in [3.05, 3.63) is 65.2 Å². The molecule has 0 unspecified atom stereocenters. The van der Waals surface area contributed by atoms with Gasteiger partial charge in [-0.1, -0.05) is 48.0 Å². The Kier molecular flexibility index (Phi) is 4.35. The van der Waals surface area contributed by atoms with Gasteiger partial charge in [0.1, 0.15) is 0 Å². The molecular weight excluding hydrogens is 234 g/mol. The Morgan fingerprint density at radius 3 is 2.47 bits per heavy atom. The van der Waals surface area contributed by atoms with Gasteiger partial charge in [-0.05, 0) is 31.0 Å². The Bertz CT molecular complexity index is 561. The zero-order chi connectivity index (χ0) is 13.7. The third kappa shape index (κ3) is 3.95. The van der Waals surface area contributed by atoms with Crippen molar-refractivity contribution in [2.75, 3.05) is 11.9 Å². The fraction of sp³-hybridized carbons (Fsp3) is 0.235. The number of benzene rings is 2. The maximum atomic E-state index is 11.9. The number of nitrogens with one attached hydrogen (secondary N) is 1. The minimum Gasteiger partial charge on any atom is -0.378 e. The van der Waals surface area contributed by atoms with Crippen LogP contribution in [-0.4, -0.2) is 12.3 Å². The molecule has 2 rings (SSSR count). The van der Waals surface area contributed by atoms with E-state index in [9.17, 15) is 4.79 Å². The van der Waals surface area contributed by atoms with Crippen LogP contribution in [0.5, 0.6) is 0 Å². The predicted octanol–water partition coefficient (Wildman–Crippen LogP) is 3.53. The van der Waals surface area contributed by atoms with Crippen molar-refractivity contribution in [1.82, 2.24) is 0 Å². The average Bonchev–Trinajstić information content (AvgIpc) is 2.39. The number of anilines is 1. The molecule has 2 nitrogen and oxygen atoms in total. The van der Waals surface area contributed by atoms with E-state index < -0.39 is 0 Å². The highest BCUT2D eigenvalue weighted by atomic mass is 16.1. The number of hydrogen-bond acceptors (Lipinski definition) is 2. The van der Waals surface area contributed by atoms with Crippen LogP contribution in [0.2, 0.25) is 0 Å². The molecule has 0 aromatic heterocycles. The van der Waals surface area contributed by atoms with Crippen LogP contribution in [0.25, 0.3) is 0 Å². The lowest BCUT2D eigenvalue weighted by Gasteiger charge is -2.09. The van der Waals surface area contributed by atoms with Crippen molar-refractivity contribution in [2.45, 2.75) is 20.3 Å². The molecule has 0 aliphatic carbocycles. The van der Waals surface area contributed by atoms with Crippen LogP contribution in [0.1, 0.15) is 16.7 Å². The van der Waals surface area contributed by atoms with Gasteiger partial charge in [0, 0.05) is 12.1 Å². The van der Waals surface area contributed by atoms with Crippen molar-refractivity contribution in [3.63, 3.8) is 0 Å². The molecule has 0 atom stereocenters. The van der Waals surface area contributed by atoms with E-state index in [-0.39, 0.29) is 5.78 Å². The summed E-state index contributed by atoms with van der Waals surface area (Å²) in [5.74, 6) is 0.200. The summed E-state index contributed by atoms with van der Waals surface area (Å²) in [6.45, 7) is 4.49. The second-order valence-electron chi connectivity index (χ2n) is 4.87. The van der Waals surface area contributed by atoms with Gasteiger partial charge in [0.15, 0.2) is 5.78 Å². The smallest absolute Gasteiger partial charge is 0.156 e. The van der Waals surface area contributed by atoms with Crippen molar-refractivity contribution in [2.24, 2.45) is 0 Å². The Morgan fingerprint density at radius 1 is 1.05 bits per heavy atom. The molecular formula is C17H19NO. The molecule has 0 bridgehead atoms. The van der Waals surface area contributed by atoms with E-state index in [1.807, 2.05) is 36.4 Å². The van der Waals surface area contributed by atoms with Crippen LogP contribution >= 0.6 is 0 Å². The molecule has 0 saturated heterocycles. The minimum absolute atomic E-state index is 0.200. The molecule has 0 aliphatic heterocycles. The van der Waals surface area contributed by atoms with Crippen LogP contribution < -0.4 is 5.32 Å². The summed E-state index contributed by atoms with van der Waals surface area (Å²) < 4.78 is 0. The summed E-state index contributed by atoms with van der Waals surface area (Å²) in [4.78, 5) is 11.9. The van der Waals surface area contributed by atoms with Crippen molar-refractivity contribution in [1.29, 1.82) is 0 Å². The summed E-state index contributed by atoms with van der Waals surface area (Å²) in [5, 5.41) is 3.21. The minimum atomic E-state index is 0.200. The first-order valence-corrected chi connectivity index (χ1v) is 6.52. The molecule has 0 fully saturated rings. The van der Waals surface area contributed by atoms with Crippen molar-refractivity contribution >= 4 is 11.5 Å². The number of rotatable bonds is 5. The standard InChI is InChI=1S/C17H19NO/c1-13-8-9-17(14(2)10-13)18-12-16(19)11-15-6-4-3-5-7-15/h3-10,18H,11-12H2,1-2H3. The summed E-state index contributed by atoms with van der Waals surface area (Å²) in [6.07, 6.45) is 0.485. The van der Waals surface area contributed by atoms with Gasteiger partial charge in [-0.3, -0.25) is 4.79 Å². The number of ketones is 1. The number of carbonyl (C=O) groups is 1. The van der Waals surface area contributed by atoms with Crippen LogP contribution in [0, 0.1) is 13.8 Å². The van der Waals surface area contributed by atoms with Crippen LogP contribution in [0.3, 0.4) is 0 Å². The number of carbonyl (C=O) groups excluding carboxylic acids is 1. The first-order valence-electron chi connectivity index (χ1n) is 6.52. The second-order valence-corrected chi connectivity index (χ2v) is 4.87. The second kappa shape index (κ2) is 6.19. The van der Waals surface area contributed by atoms with Crippen LogP contribution in [-0.2, 0) is 11.2 Å². The third-order valence-electron chi connectivity index (χ3n) is 3.10. The topological polar surface area (TPSA) is 29.1 Å². The monoisotopic (exact) mass is 253 g/mol. The highest BCUT2D eigenvalue weighted by Crippen LogP contribution is 2.15. The van der Waals surface area contributed by atoms with Gasteiger partial charge in [0.05, 0.1) is 6.54 Å². The lowest BCUT2D eigenvalue weighted by molar-refractivity contribution is -0.116. The van der Waals surface area contributed by atoms with Crippen LogP contribution in [0.4, 0.5) is 5.69 Å². The van der Waals surface area contributed by atoms with E-state index in [0.717, 1.165) is 11.3 Å². The highest BCUT2D eigenvalue weighted by molar-refractivity contribution is 5.85. The van der Waals surface area contributed by atoms with Gasteiger partial charge in [0.25, 0.3) is 0 Å². The molecule has 0 heterocycles. The van der Waals surface area contributed by atoms with E-state index in [4.69, 9.17) is 0 Å². The predicted molar refractivity (Wildman–Crippen MR) is 79.6 cm³/mol. The van der Waals surface area contributed by atoms with Gasteiger partial charge in [0.2, 0.25) is 0 Å². The van der Waals surface area contributed by atoms with Crippen molar-refractivity contribution in [3.8, 4) is 0 Å². The highest BCUT2D eigenvalue weighted by Gasteiger charge is 2.04. The van der Waals surface area contributed by atoms with E-state index in [1.165, 1.54) is 11.1 Å². The lowest BCUT2D eigenvalue weighted by Crippen LogP contribution is -2.16. The first kappa shape index (κ1) is 13.3. The molecule has 98 valence electrons. The van der Waals surface area contributed by atoms with E-state index in [0.29, 0.717) is 13.0 Å². The molecule has 0 spiro atoms. The fourth-order valence-corrected chi connectivity index (χ4v) is 2.09. The number of Topliss-reactive ketones (excluding diaryl/α,β-unsaturated/α-hetero) is 1. The number of aryl methyl sites for hydroxylation is 2. The Balaban J connectivity index is 1.90. The Hall–Kier alpha value is -2.09. The van der Waals surface area contributed by atoms with Crippen molar-refractivity contribution < 1.29 is 4.79 Å². The van der Waals surface area contributed by atoms with Gasteiger partial charge < -0.3 is 5.32 Å². The van der Waals surface area contributed by atoms with E-state index >= 15 is 0 Å². The third-order valence-corrected chi connectivity index (χ3v) is 3.10. The summed E-state index contributed by atoms with van der Waals surface area (Å²) in [7, 11) is 0. The molecule has 0 saturated carbocycles. The zero-order valence-corrected chi connectivity index (χ0v) is 11.4. The molecule has 2 heteroatoms. The SMILES string of the molecule is Cc1ccc(NCC(=O)Cc2ccccc2)c(C)c1. The molecule has 2 aromatic rings. The fourth-order valence-electron chi connectivity index (χ4n) is 2.09. The quantitative estimate of drug-likeness (QED) is 0.883. The van der Waals surface area contributed by atoms with E-state index in [2.05, 4.69) is 31.3 Å². The molecule has 0 radical (unpaired) electrons. The largest absolute Gasteiger partial charge is 0.378 e. The van der Waals surface area contributed by atoms with E-state index in [1.54, 1.807) is 0 Å². The molecule has 19 heavy (non-hydrogen) atoms. The van der Waals surface area contributed by atoms with Crippen LogP contribution in [0.15, 0.2) is 48.5 Å². The molecule has 1 N–H and O–H groups in total. The summed E-state index contributed by atoms with van der Waals surface area (Å²) in [5.41, 5.74) is 4.51. The zero-order valence-electron chi connectivity index (χ0n) is 11.4. The first-order chi connectivity index (χ1) is 9.15. The number of hydrogen-bond donors (Lipinski definition) is 1. The van der Waals surface area contributed by atoms with Gasteiger partial charge >= 0.3 is 0 Å².